The van der Waals surface area contributed by atoms with E-state index >= 15 is 0 Å². The molecule has 7 heteroatoms. The predicted octanol–water partition coefficient (Wildman–Crippen LogP) is -1.24. The van der Waals surface area contributed by atoms with E-state index in [4.69, 9.17) is 19.5 Å². The van der Waals surface area contributed by atoms with Gasteiger partial charge in [-0.2, -0.15) is 4.99 Å². The Hall–Kier alpha value is -1.05. The van der Waals surface area contributed by atoms with Crippen molar-refractivity contribution in [2.75, 3.05) is 14.2 Å². The molecule has 1 rings (SSSR count). The van der Waals surface area contributed by atoms with E-state index in [0.717, 1.165) is 4.81 Å². The molecule has 1 atom stereocenters. The highest BCUT2D eigenvalue weighted by atomic mass is 16.5. The highest BCUT2D eigenvalue weighted by Crippen LogP contribution is 2.09. The summed E-state index contributed by atoms with van der Waals surface area (Å²) in [5.41, 5.74) is 0. The van der Waals surface area contributed by atoms with Crippen molar-refractivity contribution >= 4 is 13.2 Å². The van der Waals surface area contributed by atoms with Crippen LogP contribution < -0.4 is 0 Å². The van der Waals surface area contributed by atoms with E-state index in [9.17, 15) is 0 Å². The van der Waals surface area contributed by atoms with Gasteiger partial charge in [0.15, 0.2) is 0 Å². The average molecular weight is 186 g/mol. The molecule has 13 heavy (non-hydrogen) atoms. The lowest BCUT2D eigenvalue weighted by Gasteiger charge is -2.28. The Labute approximate surface area is 76.3 Å². The van der Waals surface area contributed by atoms with Crippen molar-refractivity contribution in [2.24, 2.45) is 4.99 Å². The molecule has 0 aromatic heterocycles. The largest absolute Gasteiger partial charge is 0.590 e. The standard InChI is InChI=1S/C6H11BN2O4/c1-12-5-3-4-9(7(10)11)6(8-5)13-2/h3-4,6,10-11H,1-2H3. The van der Waals surface area contributed by atoms with Crippen molar-refractivity contribution in [1.29, 1.82) is 0 Å². The van der Waals surface area contributed by atoms with Gasteiger partial charge in [0.25, 0.3) is 0 Å². The van der Waals surface area contributed by atoms with Crippen molar-refractivity contribution in [2.45, 2.75) is 6.35 Å². The Bertz CT molecular complexity index is 231. The molecule has 1 aliphatic heterocycles. The van der Waals surface area contributed by atoms with Gasteiger partial charge in [-0.05, 0) is 0 Å². The summed E-state index contributed by atoms with van der Waals surface area (Å²) in [7, 11) is 1.25. The number of aliphatic imine (C=N–C) groups is 1. The molecule has 1 heterocycles. The van der Waals surface area contributed by atoms with Gasteiger partial charge in [-0.3, -0.25) is 0 Å². The molecule has 0 saturated heterocycles. The van der Waals surface area contributed by atoms with Crippen LogP contribution in [-0.2, 0) is 9.47 Å². The van der Waals surface area contributed by atoms with Gasteiger partial charge in [0.1, 0.15) is 0 Å². The molecule has 1 aliphatic rings. The van der Waals surface area contributed by atoms with Crippen molar-refractivity contribution in [3.63, 3.8) is 0 Å². The van der Waals surface area contributed by atoms with Crippen molar-refractivity contribution in [1.82, 2.24) is 4.81 Å². The molecule has 0 saturated carbocycles. The Balaban J connectivity index is 2.73. The number of ether oxygens (including phenoxy) is 2. The molecule has 0 aromatic rings. The van der Waals surface area contributed by atoms with Crippen LogP contribution in [0.15, 0.2) is 17.3 Å². The van der Waals surface area contributed by atoms with E-state index in [1.807, 2.05) is 0 Å². The van der Waals surface area contributed by atoms with Gasteiger partial charge >= 0.3 is 7.25 Å². The minimum atomic E-state index is -1.64. The highest BCUT2D eigenvalue weighted by Gasteiger charge is 2.28. The first-order valence-electron chi connectivity index (χ1n) is 3.65. The van der Waals surface area contributed by atoms with Crippen LogP contribution >= 0.6 is 0 Å². The summed E-state index contributed by atoms with van der Waals surface area (Å²) in [5, 5.41) is 17.8. The maximum absolute atomic E-state index is 8.88. The Morgan fingerprint density at radius 1 is 1.54 bits per heavy atom. The smallest absolute Gasteiger partial charge is 0.481 e. The Kier molecular flexibility index (Phi) is 3.29. The van der Waals surface area contributed by atoms with E-state index in [0.29, 0.717) is 5.90 Å². The molecule has 0 aliphatic carbocycles. The number of nitrogens with zero attached hydrogens (tertiary/aromatic N) is 2. The summed E-state index contributed by atoms with van der Waals surface area (Å²) < 4.78 is 9.73. The van der Waals surface area contributed by atoms with Crippen LogP contribution in [0.25, 0.3) is 0 Å². The third-order valence-corrected chi connectivity index (χ3v) is 1.57. The minimum Gasteiger partial charge on any atom is -0.481 e. The molecular formula is C6H11BN2O4. The maximum Gasteiger partial charge on any atom is 0.590 e. The quantitative estimate of drug-likeness (QED) is 0.527. The third kappa shape index (κ3) is 2.21. The number of hydrogen-bond acceptors (Lipinski definition) is 6. The summed E-state index contributed by atoms with van der Waals surface area (Å²) in [6.45, 7) is 0. The lowest BCUT2D eigenvalue weighted by atomic mass is 10.1. The van der Waals surface area contributed by atoms with Crippen molar-refractivity contribution in [3.8, 4) is 0 Å². The number of rotatable bonds is 2. The molecule has 2 N–H and O–H groups in total. The first-order valence-corrected chi connectivity index (χ1v) is 3.65. The van der Waals surface area contributed by atoms with Gasteiger partial charge in [0.2, 0.25) is 12.2 Å². The molecule has 0 bridgehead atoms. The summed E-state index contributed by atoms with van der Waals surface area (Å²) >= 11 is 0. The van der Waals surface area contributed by atoms with Gasteiger partial charge in [-0.25, -0.2) is 0 Å². The fraction of sp³-hybridized carbons (Fsp3) is 0.500. The molecule has 72 valence electrons. The summed E-state index contributed by atoms with van der Waals surface area (Å²) in [6, 6.07) is 0. The zero-order valence-electron chi connectivity index (χ0n) is 7.41. The van der Waals surface area contributed by atoms with Crippen molar-refractivity contribution in [3.05, 3.63) is 12.3 Å². The third-order valence-electron chi connectivity index (χ3n) is 1.57. The average Bonchev–Trinajstić information content (AvgIpc) is 2.16. The van der Waals surface area contributed by atoms with Crippen LogP contribution in [0.1, 0.15) is 0 Å². The zero-order chi connectivity index (χ0) is 9.84. The second-order valence-electron chi connectivity index (χ2n) is 2.34. The first-order chi connectivity index (χ1) is 6.19. The SMILES string of the molecule is COC1=NC(OC)N(B(O)O)C=C1. The van der Waals surface area contributed by atoms with Crippen LogP contribution in [0.3, 0.4) is 0 Å². The highest BCUT2D eigenvalue weighted by molar-refractivity contribution is 6.38. The summed E-state index contributed by atoms with van der Waals surface area (Å²) in [4.78, 5) is 5.04. The van der Waals surface area contributed by atoms with Gasteiger partial charge in [-0.1, -0.05) is 0 Å². The van der Waals surface area contributed by atoms with Gasteiger partial charge < -0.3 is 24.3 Å². The van der Waals surface area contributed by atoms with Crippen LogP contribution in [0, 0.1) is 0 Å². The summed E-state index contributed by atoms with van der Waals surface area (Å²) in [6.07, 6.45) is 2.18. The molecule has 1 unspecified atom stereocenters. The maximum atomic E-state index is 8.88. The molecule has 0 radical (unpaired) electrons. The van der Waals surface area contributed by atoms with E-state index < -0.39 is 13.6 Å². The number of hydrogen-bond donors (Lipinski definition) is 2. The van der Waals surface area contributed by atoms with Gasteiger partial charge in [0, 0.05) is 19.4 Å². The van der Waals surface area contributed by atoms with Crippen LogP contribution in [0.4, 0.5) is 0 Å². The monoisotopic (exact) mass is 186 g/mol. The van der Waals surface area contributed by atoms with Gasteiger partial charge in [-0.15, -0.1) is 0 Å². The molecule has 0 spiro atoms. The molecule has 0 fully saturated rings. The molecule has 6 nitrogen and oxygen atoms in total. The lowest BCUT2D eigenvalue weighted by molar-refractivity contribution is 0.0216. The molecular weight excluding hydrogens is 175 g/mol. The van der Waals surface area contributed by atoms with Gasteiger partial charge in [0.05, 0.1) is 7.11 Å². The first kappa shape index (κ1) is 10.0. The normalized spacial score (nSPS) is 21.4. The second-order valence-corrected chi connectivity index (χ2v) is 2.34. The zero-order valence-corrected chi connectivity index (χ0v) is 7.41. The topological polar surface area (TPSA) is 74.5 Å². The van der Waals surface area contributed by atoms with E-state index in [1.165, 1.54) is 26.5 Å². The fourth-order valence-electron chi connectivity index (χ4n) is 0.928. The van der Waals surface area contributed by atoms with E-state index in [1.54, 1.807) is 0 Å². The predicted molar refractivity (Wildman–Crippen MR) is 46.4 cm³/mol. The van der Waals surface area contributed by atoms with E-state index in [2.05, 4.69) is 4.99 Å². The number of methoxy groups -OCH3 is 2. The Morgan fingerprint density at radius 2 is 2.23 bits per heavy atom. The minimum absolute atomic E-state index is 0.378. The van der Waals surface area contributed by atoms with Crippen LogP contribution in [-0.4, -0.2) is 48.6 Å². The second kappa shape index (κ2) is 4.26. The fourth-order valence-corrected chi connectivity index (χ4v) is 0.928. The van der Waals surface area contributed by atoms with Crippen molar-refractivity contribution < 1.29 is 19.5 Å². The molecule has 0 amide bonds. The molecule has 0 aromatic carbocycles. The van der Waals surface area contributed by atoms with E-state index in [-0.39, 0.29) is 0 Å². The van der Waals surface area contributed by atoms with Crippen LogP contribution in [0.2, 0.25) is 0 Å². The lowest BCUT2D eigenvalue weighted by Crippen LogP contribution is -2.45. The van der Waals surface area contributed by atoms with Crippen LogP contribution in [0.5, 0.6) is 0 Å². The Morgan fingerprint density at radius 3 is 2.69 bits per heavy atom. The summed E-state index contributed by atoms with van der Waals surface area (Å²) in [5.74, 6) is 0.378.